The van der Waals surface area contributed by atoms with E-state index in [1.807, 2.05) is 6.07 Å². The molecule has 0 heterocycles. The SMILES string of the molecule is C=C(c1cccc(F)c1)C1CCCCC1. The summed E-state index contributed by atoms with van der Waals surface area (Å²) in [5, 5.41) is 0. The Morgan fingerprint density at radius 1 is 1.20 bits per heavy atom. The van der Waals surface area contributed by atoms with Gasteiger partial charge in [-0.15, -0.1) is 0 Å². The molecule has 0 spiro atoms. The van der Waals surface area contributed by atoms with Gasteiger partial charge in [0.05, 0.1) is 0 Å². The first-order chi connectivity index (χ1) is 7.27. The fraction of sp³-hybridized carbons (Fsp3) is 0.429. The van der Waals surface area contributed by atoms with Gasteiger partial charge in [-0.1, -0.05) is 38.0 Å². The molecule has 1 aliphatic carbocycles. The van der Waals surface area contributed by atoms with Crippen molar-refractivity contribution in [2.75, 3.05) is 0 Å². The van der Waals surface area contributed by atoms with Crippen LogP contribution in [0.25, 0.3) is 5.57 Å². The van der Waals surface area contributed by atoms with Gasteiger partial charge in [0.1, 0.15) is 5.82 Å². The zero-order valence-electron chi connectivity index (χ0n) is 9.01. The highest BCUT2D eigenvalue weighted by atomic mass is 19.1. The van der Waals surface area contributed by atoms with Crippen LogP contribution in [0, 0.1) is 11.7 Å². The lowest BCUT2D eigenvalue weighted by Gasteiger charge is -2.23. The minimum atomic E-state index is -0.163. The molecule has 1 fully saturated rings. The largest absolute Gasteiger partial charge is 0.207 e. The number of allylic oxidation sites excluding steroid dienone is 1. The smallest absolute Gasteiger partial charge is 0.123 e. The van der Waals surface area contributed by atoms with Crippen LogP contribution in [0.4, 0.5) is 4.39 Å². The van der Waals surface area contributed by atoms with Gasteiger partial charge in [-0.2, -0.15) is 0 Å². The maximum atomic E-state index is 13.1. The van der Waals surface area contributed by atoms with Crippen LogP contribution < -0.4 is 0 Å². The van der Waals surface area contributed by atoms with E-state index in [-0.39, 0.29) is 5.82 Å². The van der Waals surface area contributed by atoms with E-state index in [0.29, 0.717) is 5.92 Å². The van der Waals surface area contributed by atoms with Crippen molar-refractivity contribution in [3.8, 4) is 0 Å². The molecule has 0 atom stereocenters. The third-order valence-electron chi connectivity index (χ3n) is 3.29. The van der Waals surface area contributed by atoms with Gasteiger partial charge in [-0.25, -0.2) is 4.39 Å². The molecule has 1 aromatic carbocycles. The third-order valence-corrected chi connectivity index (χ3v) is 3.29. The highest BCUT2D eigenvalue weighted by Crippen LogP contribution is 2.34. The summed E-state index contributed by atoms with van der Waals surface area (Å²) < 4.78 is 13.1. The molecule has 0 nitrogen and oxygen atoms in total. The van der Waals surface area contributed by atoms with Crippen LogP contribution in [0.3, 0.4) is 0 Å². The average Bonchev–Trinajstić information content (AvgIpc) is 2.29. The number of hydrogen-bond donors (Lipinski definition) is 0. The summed E-state index contributed by atoms with van der Waals surface area (Å²) >= 11 is 0. The van der Waals surface area contributed by atoms with E-state index in [4.69, 9.17) is 0 Å². The minimum absolute atomic E-state index is 0.163. The predicted octanol–water partition coefficient (Wildman–Crippen LogP) is 4.42. The van der Waals surface area contributed by atoms with E-state index < -0.39 is 0 Å². The average molecular weight is 204 g/mol. The summed E-state index contributed by atoms with van der Waals surface area (Å²) in [5.41, 5.74) is 2.09. The van der Waals surface area contributed by atoms with Crippen LogP contribution in [0.1, 0.15) is 37.7 Å². The molecular weight excluding hydrogens is 187 g/mol. The molecule has 2 rings (SSSR count). The zero-order valence-corrected chi connectivity index (χ0v) is 9.01. The van der Waals surface area contributed by atoms with Crippen LogP contribution in [0.15, 0.2) is 30.8 Å². The van der Waals surface area contributed by atoms with Gasteiger partial charge in [0, 0.05) is 0 Å². The van der Waals surface area contributed by atoms with Gasteiger partial charge in [0.2, 0.25) is 0 Å². The maximum Gasteiger partial charge on any atom is 0.123 e. The highest BCUT2D eigenvalue weighted by molar-refractivity contribution is 5.65. The lowest BCUT2D eigenvalue weighted by atomic mass is 9.82. The predicted molar refractivity (Wildman–Crippen MR) is 62.0 cm³/mol. The quantitative estimate of drug-likeness (QED) is 0.669. The standard InChI is InChI=1S/C14H17F/c1-11(12-6-3-2-4-7-12)13-8-5-9-14(15)10-13/h5,8-10,12H,1-4,6-7H2. The molecule has 15 heavy (non-hydrogen) atoms. The molecule has 0 saturated heterocycles. The van der Waals surface area contributed by atoms with Crippen LogP contribution in [-0.4, -0.2) is 0 Å². The minimum Gasteiger partial charge on any atom is -0.207 e. The molecular formula is C14H17F. The van der Waals surface area contributed by atoms with Gasteiger partial charge in [-0.3, -0.25) is 0 Å². The normalized spacial score (nSPS) is 17.7. The number of halogens is 1. The van der Waals surface area contributed by atoms with E-state index in [1.165, 1.54) is 38.2 Å². The molecule has 1 heteroatoms. The molecule has 80 valence electrons. The van der Waals surface area contributed by atoms with E-state index in [1.54, 1.807) is 12.1 Å². The summed E-state index contributed by atoms with van der Waals surface area (Å²) in [6.07, 6.45) is 6.36. The highest BCUT2D eigenvalue weighted by Gasteiger charge is 2.17. The van der Waals surface area contributed by atoms with E-state index >= 15 is 0 Å². The molecule has 0 bridgehead atoms. The Morgan fingerprint density at radius 3 is 2.60 bits per heavy atom. The van der Waals surface area contributed by atoms with Crippen LogP contribution in [0.2, 0.25) is 0 Å². The van der Waals surface area contributed by atoms with Crippen molar-refractivity contribution < 1.29 is 4.39 Å². The van der Waals surface area contributed by atoms with Crippen molar-refractivity contribution in [2.24, 2.45) is 5.92 Å². The lowest BCUT2D eigenvalue weighted by Crippen LogP contribution is -2.07. The summed E-state index contributed by atoms with van der Waals surface area (Å²) in [6, 6.07) is 6.80. The first kappa shape index (κ1) is 10.4. The van der Waals surface area contributed by atoms with E-state index in [2.05, 4.69) is 6.58 Å². The lowest BCUT2D eigenvalue weighted by molar-refractivity contribution is 0.430. The van der Waals surface area contributed by atoms with Gasteiger partial charge >= 0.3 is 0 Å². The molecule has 0 amide bonds. The second-order valence-corrected chi connectivity index (χ2v) is 4.37. The maximum absolute atomic E-state index is 13.1. The third kappa shape index (κ3) is 2.47. The first-order valence-corrected chi connectivity index (χ1v) is 5.72. The molecule has 1 aromatic rings. The van der Waals surface area contributed by atoms with Crippen molar-refractivity contribution in [3.05, 3.63) is 42.2 Å². The summed E-state index contributed by atoms with van der Waals surface area (Å²) in [7, 11) is 0. The zero-order chi connectivity index (χ0) is 10.7. The second kappa shape index (κ2) is 4.61. The second-order valence-electron chi connectivity index (χ2n) is 4.37. The molecule has 0 aliphatic heterocycles. The van der Waals surface area contributed by atoms with E-state index in [9.17, 15) is 4.39 Å². The summed E-state index contributed by atoms with van der Waals surface area (Å²) in [6.45, 7) is 4.12. The topological polar surface area (TPSA) is 0 Å². The Labute approximate surface area is 90.8 Å². The van der Waals surface area contributed by atoms with Crippen molar-refractivity contribution in [1.82, 2.24) is 0 Å². The van der Waals surface area contributed by atoms with Crippen molar-refractivity contribution in [2.45, 2.75) is 32.1 Å². The first-order valence-electron chi connectivity index (χ1n) is 5.72. The number of benzene rings is 1. The number of rotatable bonds is 2. The summed E-state index contributed by atoms with van der Waals surface area (Å²) in [5.74, 6) is 0.407. The Kier molecular flexibility index (Phi) is 3.20. The number of hydrogen-bond acceptors (Lipinski definition) is 0. The fourth-order valence-electron chi connectivity index (χ4n) is 2.37. The van der Waals surface area contributed by atoms with Gasteiger partial charge < -0.3 is 0 Å². The Bertz CT molecular complexity index is 348. The van der Waals surface area contributed by atoms with Gasteiger partial charge in [0.25, 0.3) is 0 Å². The van der Waals surface area contributed by atoms with Crippen molar-refractivity contribution in [1.29, 1.82) is 0 Å². The molecule has 1 saturated carbocycles. The van der Waals surface area contributed by atoms with Gasteiger partial charge in [0.15, 0.2) is 0 Å². The summed E-state index contributed by atoms with van der Waals surface area (Å²) in [4.78, 5) is 0. The molecule has 1 aliphatic rings. The molecule has 0 N–H and O–H groups in total. The Balaban J connectivity index is 2.12. The Morgan fingerprint density at radius 2 is 1.93 bits per heavy atom. The monoisotopic (exact) mass is 204 g/mol. The molecule has 0 unspecified atom stereocenters. The fourth-order valence-corrected chi connectivity index (χ4v) is 2.37. The molecule has 0 aromatic heterocycles. The van der Waals surface area contributed by atoms with Crippen LogP contribution in [-0.2, 0) is 0 Å². The Hall–Kier alpha value is -1.11. The van der Waals surface area contributed by atoms with Crippen molar-refractivity contribution >= 4 is 5.57 Å². The van der Waals surface area contributed by atoms with Crippen LogP contribution in [0.5, 0.6) is 0 Å². The van der Waals surface area contributed by atoms with E-state index in [0.717, 1.165) is 11.1 Å². The van der Waals surface area contributed by atoms with Gasteiger partial charge in [-0.05, 0) is 42.0 Å². The van der Waals surface area contributed by atoms with Crippen molar-refractivity contribution in [3.63, 3.8) is 0 Å². The molecule has 0 radical (unpaired) electrons. The van der Waals surface area contributed by atoms with Crippen LogP contribution >= 0.6 is 0 Å².